The summed E-state index contributed by atoms with van der Waals surface area (Å²) in [5, 5.41) is 12.4. The van der Waals surface area contributed by atoms with Crippen LogP contribution in [0, 0.1) is 13.8 Å². The molecule has 1 aromatic carbocycles. The number of anilines is 1. The van der Waals surface area contributed by atoms with Crippen LogP contribution >= 0.6 is 0 Å². The molecule has 2 N–H and O–H groups in total. The van der Waals surface area contributed by atoms with Crippen LogP contribution in [0.1, 0.15) is 21.7 Å². The maximum absolute atomic E-state index is 11.3. The lowest BCUT2D eigenvalue weighted by atomic mass is 10.1. The number of carboxylic acids is 1. The molecule has 0 aliphatic rings. The van der Waals surface area contributed by atoms with Crippen LogP contribution in [-0.4, -0.2) is 29.2 Å². The third kappa shape index (κ3) is 3.95. The number of para-hydroxylation sites is 1. The van der Waals surface area contributed by atoms with Gasteiger partial charge in [0.1, 0.15) is 17.9 Å². The molecule has 2 aromatic rings. The largest absolute Gasteiger partial charge is 0.492 e. The highest BCUT2D eigenvalue weighted by Gasteiger charge is 2.14. The summed E-state index contributed by atoms with van der Waals surface area (Å²) in [6, 6.07) is 11.2. The normalized spacial score (nSPS) is 10.2. The fraction of sp³-hybridized carbons (Fsp3) is 0.250. The molecule has 0 radical (unpaired) electrons. The van der Waals surface area contributed by atoms with Gasteiger partial charge in [-0.1, -0.05) is 18.2 Å². The Morgan fingerprint density at radius 3 is 2.67 bits per heavy atom. The average molecular weight is 286 g/mol. The second-order valence-corrected chi connectivity index (χ2v) is 4.67. The Balaban J connectivity index is 1.98. The van der Waals surface area contributed by atoms with Gasteiger partial charge in [-0.3, -0.25) is 4.98 Å². The van der Waals surface area contributed by atoms with Crippen molar-refractivity contribution < 1.29 is 14.6 Å². The van der Waals surface area contributed by atoms with Crippen molar-refractivity contribution in [3.8, 4) is 5.75 Å². The highest BCUT2D eigenvalue weighted by molar-refractivity contribution is 5.95. The van der Waals surface area contributed by atoms with E-state index in [0.29, 0.717) is 24.5 Å². The summed E-state index contributed by atoms with van der Waals surface area (Å²) in [5.74, 6) is -0.189. The van der Waals surface area contributed by atoms with E-state index in [9.17, 15) is 9.90 Å². The summed E-state index contributed by atoms with van der Waals surface area (Å²) >= 11 is 0. The number of nitrogens with zero attached hydrogens (tertiary/aromatic N) is 1. The third-order valence-corrected chi connectivity index (χ3v) is 2.97. The SMILES string of the molecule is Cc1cc(NCCOc2ccccc2)c(C(=O)O)c(C)n1. The van der Waals surface area contributed by atoms with Crippen LogP contribution in [0.2, 0.25) is 0 Å². The van der Waals surface area contributed by atoms with Gasteiger partial charge in [0.25, 0.3) is 0 Å². The molecule has 2 rings (SSSR count). The first kappa shape index (κ1) is 14.8. The molecular formula is C16H18N2O3. The lowest BCUT2D eigenvalue weighted by Gasteiger charge is -2.13. The molecule has 0 bridgehead atoms. The number of carboxylic acid groups (broad SMARTS) is 1. The number of carbonyl (C=O) groups is 1. The van der Waals surface area contributed by atoms with Crippen molar-refractivity contribution in [1.82, 2.24) is 4.98 Å². The Kier molecular flexibility index (Phi) is 4.77. The Morgan fingerprint density at radius 1 is 1.29 bits per heavy atom. The molecule has 0 amide bonds. The van der Waals surface area contributed by atoms with Gasteiger partial charge in [0, 0.05) is 12.2 Å². The average Bonchev–Trinajstić information content (AvgIpc) is 2.43. The molecule has 21 heavy (non-hydrogen) atoms. The monoisotopic (exact) mass is 286 g/mol. The summed E-state index contributed by atoms with van der Waals surface area (Å²) in [6.07, 6.45) is 0. The number of ether oxygens (including phenoxy) is 1. The number of benzene rings is 1. The highest BCUT2D eigenvalue weighted by Crippen LogP contribution is 2.19. The van der Waals surface area contributed by atoms with Crippen molar-refractivity contribution >= 4 is 11.7 Å². The molecule has 0 spiro atoms. The zero-order valence-corrected chi connectivity index (χ0v) is 12.1. The van der Waals surface area contributed by atoms with Crippen molar-refractivity contribution in [3.05, 3.63) is 53.3 Å². The van der Waals surface area contributed by atoms with E-state index in [0.717, 1.165) is 11.4 Å². The zero-order chi connectivity index (χ0) is 15.2. The van der Waals surface area contributed by atoms with Gasteiger partial charge >= 0.3 is 5.97 Å². The molecule has 0 unspecified atom stereocenters. The summed E-state index contributed by atoms with van der Waals surface area (Å²) in [5.41, 5.74) is 2.07. The molecule has 5 nitrogen and oxygen atoms in total. The minimum absolute atomic E-state index is 0.209. The molecule has 0 atom stereocenters. The Morgan fingerprint density at radius 2 is 2.00 bits per heavy atom. The fourth-order valence-electron chi connectivity index (χ4n) is 2.11. The molecule has 5 heteroatoms. The number of aromatic carboxylic acids is 1. The van der Waals surface area contributed by atoms with E-state index in [4.69, 9.17) is 4.74 Å². The Labute approximate surface area is 123 Å². The third-order valence-electron chi connectivity index (χ3n) is 2.97. The molecule has 110 valence electrons. The van der Waals surface area contributed by atoms with Gasteiger partial charge in [-0.15, -0.1) is 0 Å². The Bertz CT molecular complexity index is 627. The van der Waals surface area contributed by atoms with Crippen molar-refractivity contribution in [2.75, 3.05) is 18.5 Å². The van der Waals surface area contributed by atoms with Gasteiger partial charge in [-0.05, 0) is 32.0 Å². The second-order valence-electron chi connectivity index (χ2n) is 4.67. The number of pyridine rings is 1. The predicted octanol–water partition coefficient (Wildman–Crippen LogP) is 2.89. The van der Waals surface area contributed by atoms with E-state index in [-0.39, 0.29) is 5.56 Å². The van der Waals surface area contributed by atoms with Crippen LogP contribution in [0.4, 0.5) is 5.69 Å². The lowest BCUT2D eigenvalue weighted by Crippen LogP contribution is -2.15. The van der Waals surface area contributed by atoms with E-state index in [1.54, 1.807) is 13.0 Å². The van der Waals surface area contributed by atoms with Crippen LogP contribution < -0.4 is 10.1 Å². The van der Waals surface area contributed by atoms with Crippen molar-refractivity contribution in [3.63, 3.8) is 0 Å². The zero-order valence-electron chi connectivity index (χ0n) is 12.1. The predicted molar refractivity (Wildman–Crippen MR) is 81.1 cm³/mol. The van der Waals surface area contributed by atoms with Crippen LogP contribution in [0.15, 0.2) is 36.4 Å². The van der Waals surface area contributed by atoms with E-state index in [2.05, 4.69) is 10.3 Å². The number of aryl methyl sites for hydroxylation is 2. The first-order chi connectivity index (χ1) is 10.1. The van der Waals surface area contributed by atoms with Crippen molar-refractivity contribution in [1.29, 1.82) is 0 Å². The molecule has 0 saturated heterocycles. The summed E-state index contributed by atoms with van der Waals surface area (Å²) < 4.78 is 5.56. The maximum Gasteiger partial charge on any atom is 0.339 e. The van der Waals surface area contributed by atoms with Gasteiger partial charge in [0.2, 0.25) is 0 Å². The number of rotatable bonds is 6. The van der Waals surface area contributed by atoms with Gasteiger partial charge in [0.05, 0.1) is 11.4 Å². The smallest absolute Gasteiger partial charge is 0.339 e. The van der Waals surface area contributed by atoms with Crippen molar-refractivity contribution in [2.45, 2.75) is 13.8 Å². The number of hydrogen-bond acceptors (Lipinski definition) is 4. The molecule has 0 aliphatic heterocycles. The van der Waals surface area contributed by atoms with E-state index < -0.39 is 5.97 Å². The van der Waals surface area contributed by atoms with E-state index >= 15 is 0 Å². The van der Waals surface area contributed by atoms with Gasteiger partial charge in [-0.2, -0.15) is 0 Å². The molecule has 1 aromatic heterocycles. The van der Waals surface area contributed by atoms with E-state index in [1.807, 2.05) is 37.3 Å². The fourth-order valence-corrected chi connectivity index (χ4v) is 2.11. The van der Waals surface area contributed by atoms with Gasteiger partial charge < -0.3 is 15.2 Å². The van der Waals surface area contributed by atoms with E-state index in [1.165, 1.54) is 0 Å². The topological polar surface area (TPSA) is 71.5 Å². The van der Waals surface area contributed by atoms with Crippen molar-refractivity contribution in [2.24, 2.45) is 0 Å². The molecule has 1 heterocycles. The van der Waals surface area contributed by atoms with Crippen LogP contribution in [0.5, 0.6) is 5.75 Å². The molecular weight excluding hydrogens is 268 g/mol. The number of nitrogens with one attached hydrogen (secondary N) is 1. The standard InChI is InChI=1S/C16H18N2O3/c1-11-10-14(15(16(19)20)12(2)18-11)17-8-9-21-13-6-4-3-5-7-13/h3-7,10H,8-9H2,1-2H3,(H,17,18)(H,19,20). The molecule has 0 aliphatic carbocycles. The first-order valence-electron chi connectivity index (χ1n) is 6.71. The van der Waals surface area contributed by atoms with Crippen LogP contribution in [-0.2, 0) is 0 Å². The molecule has 0 saturated carbocycles. The van der Waals surface area contributed by atoms with Crippen LogP contribution in [0.3, 0.4) is 0 Å². The quantitative estimate of drug-likeness (QED) is 0.799. The van der Waals surface area contributed by atoms with Gasteiger partial charge in [-0.25, -0.2) is 4.79 Å². The summed E-state index contributed by atoms with van der Waals surface area (Å²) in [4.78, 5) is 15.5. The minimum atomic E-state index is -0.980. The molecule has 0 fully saturated rings. The second kappa shape index (κ2) is 6.74. The van der Waals surface area contributed by atoms with Crippen LogP contribution in [0.25, 0.3) is 0 Å². The maximum atomic E-state index is 11.3. The summed E-state index contributed by atoms with van der Waals surface area (Å²) in [6.45, 7) is 4.49. The summed E-state index contributed by atoms with van der Waals surface area (Å²) in [7, 11) is 0. The number of aromatic nitrogens is 1. The number of hydrogen-bond donors (Lipinski definition) is 2. The highest BCUT2D eigenvalue weighted by atomic mass is 16.5. The van der Waals surface area contributed by atoms with Gasteiger partial charge in [0.15, 0.2) is 0 Å². The minimum Gasteiger partial charge on any atom is -0.492 e. The lowest BCUT2D eigenvalue weighted by molar-refractivity contribution is 0.0696. The Hall–Kier alpha value is -2.56. The first-order valence-corrected chi connectivity index (χ1v) is 6.71.